The molecule has 0 radical (unpaired) electrons. The largest absolute Gasteiger partial charge is 0.478 e. The lowest BCUT2D eigenvalue weighted by atomic mass is 10.2. The number of hydrogen-bond acceptors (Lipinski definition) is 4. The van der Waals surface area contributed by atoms with Crippen LogP contribution >= 0.6 is 0 Å². The van der Waals surface area contributed by atoms with Crippen molar-refractivity contribution in [2.45, 2.75) is 6.92 Å². The highest BCUT2D eigenvalue weighted by Gasteiger charge is 2.18. The van der Waals surface area contributed by atoms with Crippen molar-refractivity contribution in [2.24, 2.45) is 0 Å². The molecule has 0 aliphatic carbocycles. The van der Waals surface area contributed by atoms with Crippen molar-refractivity contribution in [1.29, 1.82) is 0 Å². The molecule has 1 aliphatic heterocycles. The van der Waals surface area contributed by atoms with Gasteiger partial charge in [-0.3, -0.25) is 4.21 Å². The maximum Gasteiger partial charge on any atom is 0.337 e. The summed E-state index contributed by atoms with van der Waals surface area (Å²) in [6.45, 7) is 3.28. The van der Waals surface area contributed by atoms with E-state index < -0.39 is 16.8 Å². The molecule has 1 saturated heterocycles. The van der Waals surface area contributed by atoms with Gasteiger partial charge >= 0.3 is 5.97 Å². The Kier molecular flexibility index (Phi) is 3.42. The quantitative estimate of drug-likeness (QED) is 0.839. The third kappa shape index (κ3) is 2.63. The summed E-state index contributed by atoms with van der Waals surface area (Å²) < 4.78 is 11.3. The van der Waals surface area contributed by atoms with Crippen molar-refractivity contribution >= 4 is 22.6 Å². The lowest BCUT2D eigenvalue weighted by Crippen LogP contribution is -2.38. The van der Waals surface area contributed by atoms with Crippen LogP contribution in [-0.2, 0) is 10.8 Å². The van der Waals surface area contributed by atoms with Crippen molar-refractivity contribution in [3.8, 4) is 0 Å². The zero-order valence-corrected chi connectivity index (χ0v) is 10.4. The second-order valence-electron chi connectivity index (χ2n) is 4.00. The average Bonchev–Trinajstić information content (AvgIpc) is 2.30. The van der Waals surface area contributed by atoms with Crippen molar-refractivity contribution < 1.29 is 14.1 Å². The van der Waals surface area contributed by atoms with E-state index >= 15 is 0 Å². The molecule has 0 atom stereocenters. The summed E-state index contributed by atoms with van der Waals surface area (Å²) in [7, 11) is -0.717. The molecule has 5 nitrogen and oxygen atoms in total. The Bertz CT molecular complexity index is 466. The first-order valence-corrected chi connectivity index (χ1v) is 6.86. The molecule has 1 aromatic heterocycles. The van der Waals surface area contributed by atoms with Crippen molar-refractivity contribution in [3.05, 3.63) is 23.4 Å². The van der Waals surface area contributed by atoms with Crippen molar-refractivity contribution in [2.75, 3.05) is 29.5 Å². The Balaban J connectivity index is 2.21. The normalized spacial score (nSPS) is 17.1. The highest BCUT2D eigenvalue weighted by Crippen LogP contribution is 2.19. The molecule has 6 heteroatoms. The maximum atomic E-state index is 11.3. The molecular formula is C11H14N2O3S. The minimum atomic E-state index is -0.966. The predicted octanol–water partition coefficient (Wildman–Crippen LogP) is 0.657. The lowest BCUT2D eigenvalue weighted by Gasteiger charge is -2.28. The van der Waals surface area contributed by atoms with Gasteiger partial charge < -0.3 is 10.0 Å². The molecule has 0 aromatic carbocycles. The number of aromatic carboxylic acids is 1. The summed E-state index contributed by atoms with van der Waals surface area (Å²) in [5.74, 6) is 1.14. The van der Waals surface area contributed by atoms with E-state index in [1.807, 2.05) is 6.92 Å². The molecule has 1 aromatic rings. The molecule has 0 bridgehead atoms. The number of hydrogen-bond donors (Lipinski definition) is 1. The third-order valence-corrected chi connectivity index (χ3v) is 4.05. The molecule has 0 unspecified atom stereocenters. The molecule has 17 heavy (non-hydrogen) atoms. The molecule has 0 amide bonds. The van der Waals surface area contributed by atoms with Gasteiger partial charge in [0.1, 0.15) is 5.82 Å². The van der Waals surface area contributed by atoms with Gasteiger partial charge in [-0.2, -0.15) is 0 Å². The fraction of sp³-hybridized carbons (Fsp3) is 0.455. The van der Waals surface area contributed by atoms with Crippen LogP contribution in [0.25, 0.3) is 0 Å². The van der Waals surface area contributed by atoms with Gasteiger partial charge in [0.05, 0.1) is 5.56 Å². The first-order chi connectivity index (χ1) is 8.08. The summed E-state index contributed by atoms with van der Waals surface area (Å²) in [5.41, 5.74) is 1.05. The Morgan fingerprint density at radius 1 is 1.47 bits per heavy atom. The zero-order chi connectivity index (χ0) is 12.4. The van der Waals surface area contributed by atoms with E-state index in [0.29, 0.717) is 24.6 Å². The summed E-state index contributed by atoms with van der Waals surface area (Å²) in [6.07, 6.45) is 1.37. The fourth-order valence-corrected chi connectivity index (χ4v) is 2.92. The molecular weight excluding hydrogens is 240 g/mol. The van der Waals surface area contributed by atoms with E-state index in [0.717, 1.165) is 11.4 Å². The number of aromatic nitrogens is 1. The summed E-state index contributed by atoms with van der Waals surface area (Å²) in [4.78, 5) is 17.0. The third-order valence-electron chi connectivity index (χ3n) is 2.77. The Hall–Kier alpha value is -1.43. The Morgan fingerprint density at radius 3 is 2.65 bits per heavy atom. The second-order valence-corrected chi connectivity index (χ2v) is 5.70. The van der Waals surface area contributed by atoms with Gasteiger partial charge in [-0.25, -0.2) is 9.78 Å². The molecule has 0 saturated carbocycles. The highest BCUT2D eigenvalue weighted by molar-refractivity contribution is 7.85. The number of anilines is 1. The molecule has 2 rings (SSSR count). The average molecular weight is 254 g/mol. The number of rotatable bonds is 2. The van der Waals surface area contributed by atoms with Crippen molar-refractivity contribution in [1.82, 2.24) is 4.98 Å². The smallest absolute Gasteiger partial charge is 0.337 e. The van der Waals surface area contributed by atoms with E-state index in [4.69, 9.17) is 5.11 Å². The number of carboxylic acids is 1. The number of carbonyl (C=O) groups is 1. The molecule has 2 heterocycles. The predicted molar refractivity (Wildman–Crippen MR) is 66.0 cm³/mol. The van der Waals surface area contributed by atoms with E-state index in [1.54, 1.807) is 6.07 Å². The topological polar surface area (TPSA) is 70.5 Å². The first kappa shape index (κ1) is 12.0. The van der Waals surface area contributed by atoms with E-state index in [-0.39, 0.29) is 5.56 Å². The minimum absolute atomic E-state index is 0.201. The van der Waals surface area contributed by atoms with Crippen molar-refractivity contribution in [3.63, 3.8) is 0 Å². The monoisotopic (exact) mass is 254 g/mol. The number of nitrogens with zero attached hydrogens (tertiary/aromatic N) is 2. The summed E-state index contributed by atoms with van der Waals surface area (Å²) >= 11 is 0. The zero-order valence-electron chi connectivity index (χ0n) is 9.55. The van der Waals surface area contributed by atoms with Gasteiger partial charge in [0.15, 0.2) is 0 Å². The molecule has 0 spiro atoms. The molecule has 1 fully saturated rings. The minimum Gasteiger partial charge on any atom is -0.478 e. The van der Waals surface area contributed by atoms with Crippen LogP contribution in [0, 0.1) is 6.92 Å². The van der Waals surface area contributed by atoms with Gasteiger partial charge in [0.25, 0.3) is 0 Å². The highest BCUT2D eigenvalue weighted by atomic mass is 32.2. The van der Waals surface area contributed by atoms with Gasteiger partial charge in [0.2, 0.25) is 0 Å². The van der Waals surface area contributed by atoms with Crippen LogP contribution in [0.5, 0.6) is 0 Å². The van der Waals surface area contributed by atoms with Gasteiger partial charge in [-0.05, 0) is 18.6 Å². The Morgan fingerprint density at radius 2 is 2.12 bits per heavy atom. The number of pyridine rings is 1. The van der Waals surface area contributed by atoms with Crippen LogP contribution in [0.1, 0.15) is 15.9 Å². The maximum absolute atomic E-state index is 11.3. The standard InChI is InChI=1S/C11H14N2O3S/c1-8-6-9(11(14)15)7-12-10(8)13-2-4-17(16)5-3-13/h6-7H,2-5H2,1H3,(H,14,15). The van der Waals surface area contributed by atoms with E-state index in [2.05, 4.69) is 9.88 Å². The van der Waals surface area contributed by atoms with Crippen LogP contribution < -0.4 is 4.90 Å². The molecule has 1 aliphatic rings. The van der Waals surface area contributed by atoms with Gasteiger partial charge in [-0.15, -0.1) is 0 Å². The van der Waals surface area contributed by atoms with Gasteiger partial charge in [-0.1, -0.05) is 0 Å². The fourth-order valence-electron chi connectivity index (χ4n) is 1.87. The number of aryl methyl sites for hydroxylation is 1. The first-order valence-electron chi connectivity index (χ1n) is 5.38. The van der Waals surface area contributed by atoms with E-state index in [1.165, 1.54) is 6.20 Å². The van der Waals surface area contributed by atoms with E-state index in [9.17, 15) is 9.00 Å². The lowest BCUT2D eigenvalue weighted by molar-refractivity contribution is 0.0696. The van der Waals surface area contributed by atoms with Crippen LogP contribution in [0.4, 0.5) is 5.82 Å². The molecule has 92 valence electrons. The number of carboxylic acid groups (broad SMARTS) is 1. The van der Waals surface area contributed by atoms with Crippen LogP contribution in [-0.4, -0.2) is 44.9 Å². The Labute approximate surface area is 102 Å². The van der Waals surface area contributed by atoms with Gasteiger partial charge in [0, 0.05) is 41.6 Å². The van der Waals surface area contributed by atoms with Crippen LogP contribution in [0.3, 0.4) is 0 Å². The second kappa shape index (κ2) is 4.83. The summed E-state index contributed by atoms with van der Waals surface area (Å²) in [5, 5.41) is 8.85. The van der Waals surface area contributed by atoms with Crippen LogP contribution in [0.15, 0.2) is 12.3 Å². The molecule has 1 N–H and O–H groups in total. The SMILES string of the molecule is Cc1cc(C(=O)O)cnc1N1CCS(=O)CC1. The summed E-state index contributed by atoms with van der Waals surface area (Å²) in [6, 6.07) is 1.62. The van der Waals surface area contributed by atoms with Crippen LogP contribution in [0.2, 0.25) is 0 Å².